The Morgan fingerprint density at radius 1 is 1.30 bits per heavy atom. The molecule has 1 aromatic heterocycles. The quantitative estimate of drug-likeness (QED) is 0.841. The van der Waals surface area contributed by atoms with Crippen LogP contribution in [0.1, 0.15) is 5.56 Å². The molecule has 3 N–H and O–H groups in total. The summed E-state index contributed by atoms with van der Waals surface area (Å²) in [6.45, 7) is 0. The molecule has 5 nitrogen and oxygen atoms in total. The maximum Gasteiger partial charge on any atom is 0.272 e. The molecule has 8 heteroatoms. The molecule has 0 aliphatic heterocycles. The van der Waals surface area contributed by atoms with Crippen LogP contribution < -0.4 is 10.5 Å². The minimum atomic E-state index is -3.69. The number of para-hydroxylation sites is 1. The zero-order chi connectivity index (χ0) is 14.8. The molecule has 0 aliphatic rings. The van der Waals surface area contributed by atoms with E-state index in [-0.39, 0.29) is 10.6 Å². The zero-order valence-electron chi connectivity index (χ0n) is 10.2. The van der Waals surface area contributed by atoms with E-state index in [1.165, 1.54) is 0 Å². The molecule has 0 saturated carbocycles. The van der Waals surface area contributed by atoms with Crippen molar-refractivity contribution in [2.45, 2.75) is 10.6 Å². The molecule has 0 unspecified atom stereocenters. The van der Waals surface area contributed by atoms with Gasteiger partial charge in [-0.2, -0.15) is 0 Å². The van der Waals surface area contributed by atoms with Crippen molar-refractivity contribution >= 4 is 48.9 Å². The van der Waals surface area contributed by atoms with Crippen LogP contribution >= 0.6 is 27.3 Å². The number of halogens is 1. The van der Waals surface area contributed by atoms with Crippen molar-refractivity contribution in [3.8, 4) is 0 Å². The molecule has 0 fully saturated rings. The van der Waals surface area contributed by atoms with Crippen LogP contribution in [0.15, 0.2) is 44.4 Å². The number of sulfonamides is 1. The number of benzene rings is 1. The third kappa shape index (κ3) is 3.38. The summed E-state index contributed by atoms with van der Waals surface area (Å²) in [4.78, 5) is 11.0. The zero-order valence-corrected chi connectivity index (χ0v) is 13.4. The van der Waals surface area contributed by atoms with Gasteiger partial charge in [-0.25, -0.2) is 8.42 Å². The van der Waals surface area contributed by atoms with Gasteiger partial charge >= 0.3 is 0 Å². The van der Waals surface area contributed by atoms with Crippen LogP contribution in [0.5, 0.6) is 0 Å². The van der Waals surface area contributed by atoms with E-state index in [4.69, 9.17) is 5.73 Å². The maximum absolute atomic E-state index is 12.3. The van der Waals surface area contributed by atoms with Gasteiger partial charge in [0.2, 0.25) is 5.91 Å². The van der Waals surface area contributed by atoms with Crippen LogP contribution in [-0.2, 0) is 21.2 Å². The number of rotatable bonds is 5. The van der Waals surface area contributed by atoms with Crippen molar-refractivity contribution in [2.75, 3.05) is 4.72 Å². The van der Waals surface area contributed by atoms with Crippen LogP contribution in [0.25, 0.3) is 0 Å². The van der Waals surface area contributed by atoms with E-state index in [9.17, 15) is 13.2 Å². The third-order valence-electron chi connectivity index (χ3n) is 2.45. The van der Waals surface area contributed by atoms with Gasteiger partial charge in [0.05, 0.1) is 12.1 Å². The highest BCUT2D eigenvalue weighted by atomic mass is 79.9. The van der Waals surface area contributed by atoms with Gasteiger partial charge in [0.15, 0.2) is 4.21 Å². The molecular formula is C12H11BrN2O3S2. The Bertz CT molecular complexity index is 741. The summed E-state index contributed by atoms with van der Waals surface area (Å²) >= 11 is 4.30. The van der Waals surface area contributed by atoms with Gasteiger partial charge in [0.25, 0.3) is 10.0 Å². The number of hydrogen-bond acceptors (Lipinski definition) is 4. The lowest BCUT2D eigenvalue weighted by Gasteiger charge is -2.11. The Hall–Kier alpha value is -1.38. The minimum absolute atomic E-state index is 0.0235. The number of primary amides is 1. The first-order valence-corrected chi connectivity index (χ1v) is 8.68. The third-order valence-corrected chi connectivity index (χ3v) is 6.49. The van der Waals surface area contributed by atoms with Gasteiger partial charge in [0.1, 0.15) is 0 Å². The lowest BCUT2D eigenvalue weighted by Crippen LogP contribution is -2.17. The summed E-state index contributed by atoms with van der Waals surface area (Å²) in [5.41, 5.74) is 6.05. The molecule has 1 heterocycles. The molecule has 0 atom stereocenters. The highest BCUT2D eigenvalue weighted by Gasteiger charge is 2.20. The van der Waals surface area contributed by atoms with E-state index >= 15 is 0 Å². The van der Waals surface area contributed by atoms with Crippen molar-refractivity contribution in [2.24, 2.45) is 5.73 Å². The Balaban J connectivity index is 2.35. The molecule has 0 spiro atoms. The molecular weight excluding hydrogens is 364 g/mol. The summed E-state index contributed by atoms with van der Waals surface area (Å²) in [7, 11) is -3.69. The van der Waals surface area contributed by atoms with Crippen molar-refractivity contribution in [3.63, 3.8) is 0 Å². The van der Waals surface area contributed by atoms with Gasteiger partial charge < -0.3 is 5.73 Å². The molecule has 106 valence electrons. The predicted molar refractivity (Wildman–Crippen MR) is 82.2 cm³/mol. The van der Waals surface area contributed by atoms with Crippen molar-refractivity contribution in [1.82, 2.24) is 0 Å². The van der Waals surface area contributed by atoms with Crippen molar-refractivity contribution in [3.05, 3.63) is 45.7 Å². The number of carbonyl (C=O) groups is 1. The van der Waals surface area contributed by atoms with Crippen LogP contribution in [0, 0.1) is 0 Å². The molecule has 0 bridgehead atoms. The van der Waals surface area contributed by atoms with Crippen LogP contribution in [0.3, 0.4) is 0 Å². The Morgan fingerprint density at radius 2 is 2.00 bits per heavy atom. The standard InChI is InChI=1S/C12H11BrN2O3S2/c13-9-5-6-19-12(9)20(17,18)15-10-4-2-1-3-8(10)7-11(14)16/h1-6,15H,7H2,(H2,14,16). The average Bonchev–Trinajstić information content (AvgIpc) is 2.78. The number of thiophene rings is 1. The van der Waals surface area contributed by atoms with Gasteiger partial charge in [-0.15, -0.1) is 11.3 Å². The molecule has 1 amide bonds. The fraction of sp³-hybridized carbons (Fsp3) is 0.0833. The number of nitrogens with one attached hydrogen (secondary N) is 1. The fourth-order valence-electron chi connectivity index (χ4n) is 1.62. The topological polar surface area (TPSA) is 89.3 Å². The molecule has 0 saturated heterocycles. The molecule has 20 heavy (non-hydrogen) atoms. The Kier molecular flexibility index (Phi) is 4.46. The van der Waals surface area contributed by atoms with Gasteiger partial charge in [0, 0.05) is 4.47 Å². The lowest BCUT2D eigenvalue weighted by atomic mass is 10.1. The summed E-state index contributed by atoms with van der Waals surface area (Å²) in [6, 6.07) is 8.32. The number of anilines is 1. The highest BCUT2D eigenvalue weighted by molar-refractivity contribution is 9.10. The van der Waals surface area contributed by atoms with E-state index in [0.29, 0.717) is 15.7 Å². The van der Waals surface area contributed by atoms with E-state index in [0.717, 1.165) is 11.3 Å². The number of hydrogen-bond donors (Lipinski definition) is 2. The van der Waals surface area contributed by atoms with E-state index < -0.39 is 15.9 Å². The first-order valence-electron chi connectivity index (χ1n) is 5.52. The second kappa shape index (κ2) is 5.94. The lowest BCUT2D eigenvalue weighted by molar-refractivity contribution is -0.117. The Morgan fingerprint density at radius 3 is 2.60 bits per heavy atom. The average molecular weight is 375 g/mol. The number of nitrogens with two attached hydrogens (primary N) is 1. The Labute approximate surface area is 129 Å². The molecule has 2 rings (SSSR count). The van der Waals surface area contributed by atoms with Crippen LogP contribution in [0.2, 0.25) is 0 Å². The van der Waals surface area contributed by atoms with Crippen molar-refractivity contribution in [1.29, 1.82) is 0 Å². The van der Waals surface area contributed by atoms with E-state index in [2.05, 4.69) is 20.7 Å². The van der Waals surface area contributed by atoms with Gasteiger partial charge in [-0.1, -0.05) is 18.2 Å². The molecule has 1 aromatic carbocycles. The van der Waals surface area contributed by atoms with Crippen LogP contribution in [-0.4, -0.2) is 14.3 Å². The van der Waals surface area contributed by atoms with E-state index in [1.807, 2.05) is 0 Å². The second-order valence-electron chi connectivity index (χ2n) is 3.96. The molecule has 0 radical (unpaired) electrons. The minimum Gasteiger partial charge on any atom is -0.369 e. The van der Waals surface area contributed by atoms with Gasteiger partial charge in [-0.05, 0) is 39.0 Å². The van der Waals surface area contributed by atoms with E-state index in [1.54, 1.807) is 35.7 Å². The molecule has 2 aromatic rings. The summed E-state index contributed by atoms with van der Waals surface area (Å²) < 4.78 is 27.7. The highest BCUT2D eigenvalue weighted by Crippen LogP contribution is 2.30. The number of amides is 1. The van der Waals surface area contributed by atoms with Crippen molar-refractivity contribution < 1.29 is 13.2 Å². The smallest absolute Gasteiger partial charge is 0.272 e. The first kappa shape index (κ1) is 15.0. The monoisotopic (exact) mass is 374 g/mol. The maximum atomic E-state index is 12.3. The normalized spacial score (nSPS) is 11.2. The second-order valence-corrected chi connectivity index (χ2v) is 7.61. The fourth-order valence-corrected chi connectivity index (χ4v) is 5.06. The number of carbonyl (C=O) groups excluding carboxylic acids is 1. The SMILES string of the molecule is NC(=O)Cc1ccccc1NS(=O)(=O)c1sccc1Br. The summed E-state index contributed by atoms with van der Waals surface area (Å²) in [6.07, 6.45) is -0.0235. The van der Waals surface area contributed by atoms with Crippen LogP contribution in [0.4, 0.5) is 5.69 Å². The predicted octanol–water partition coefficient (Wildman–Crippen LogP) is 2.34. The first-order chi connectivity index (χ1) is 9.40. The largest absolute Gasteiger partial charge is 0.369 e. The summed E-state index contributed by atoms with van der Waals surface area (Å²) in [5.74, 6) is -0.519. The molecule has 0 aliphatic carbocycles. The van der Waals surface area contributed by atoms with Gasteiger partial charge in [-0.3, -0.25) is 9.52 Å². The summed E-state index contributed by atoms with van der Waals surface area (Å²) in [5, 5.41) is 1.67.